The summed E-state index contributed by atoms with van der Waals surface area (Å²) >= 11 is 0. The van der Waals surface area contributed by atoms with Gasteiger partial charge in [-0.05, 0) is 34.4 Å². The van der Waals surface area contributed by atoms with Crippen LogP contribution < -0.4 is 11.1 Å². The Morgan fingerprint density at radius 2 is 2.30 bits per heavy atom. The summed E-state index contributed by atoms with van der Waals surface area (Å²) in [5, 5.41) is 10.3. The fourth-order valence-corrected chi connectivity index (χ4v) is 2.71. The van der Waals surface area contributed by atoms with Crippen LogP contribution in [-0.4, -0.2) is 46.8 Å². The summed E-state index contributed by atoms with van der Waals surface area (Å²) in [7, 11) is 1.65. The molecule has 3 rings (SSSR count). The first-order valence-corrected chi connectivity index (χ1v) is 6.60. The largest absolute Gasteiger partial charge is 0.358 e. The highest BCUT2D eigenvalue weighted by Crippen LogP contribution is 2.21. The van der Waals surface area contributed by atoms with Gasteiger partial charge in [0.05, 0.1) is 6.04 Å². The van der Waals surface area contributed by atoms with Gasteiger partial charge in [0.15, 0.2) is 0 Å². The number of aromatic nitrogens is 2. The summed E-state index contributed by atoms with van der Waals surface area (Å²) < 4.78 is 4.69. The highest BCUT2D eigenvalue weighted by atomic mass is 16.6. The van der Waals surface area contributed by atoms with Crippen molar-refractivity contribution in [3.63, 3.8) is 0 Å². The quantitative estimate of drug-likeness (QED) is 0.810. The van der Waals surface area contributed by atoms with Crippen molar-refractivity contribution in [3.05, 3.63) is 23.8 Å². The smallest absolute Gasteiger partial charge is 0.237 e. The van der Waals surface area contributed by atoms with E-state index in [-0.39, 0.29) is 18.0 Å². The molecule has 3 N–H and O–H groups in total. The molecule has 0 bridgehead atoms. The second-order valence-electron chi connectivity index (χ2n) is 5.14. The zero-order valence-electron chi connectivity index (χ0n) is 11.2. The molecule has 1 amide bonds. The molecular formula is C13H17N5O2. The number of nitrogens with zero attached hydrogens (tertiary/aromatic N) is 3. The van der Waals surface area contributed by atoms with Gasteiger partial charge in [0, 0.05) is 26.2 Å². The van der Waals surface area contributed by atoms with Gasteiger partial charge in [-0.15, -0.1) is 0 Å². The minimum absolute atomic E-state index is 0.0159. The number of carbonyl (C=O) groups is 1. The third kappa shape index (κ3) is 2.37. The molecule has 1 aliphatic rings. The van der Waals surface area contributed by atoms with Crippen molar-refractivity contribution in [2.24, 2.45) is 5.73 Å². The number of fused-ring (bicyclic) bond motifs is 1. The van der Waals surface area contributed by atoms with Crippen molar-refractivity contribution in [1.82, 2.24) is 20.5 Å². The Bertz CT molecular complexity index is 626. The normalized spacial score (nSPS) is 23.3. The first kappa shape index (κ1) is 13.0. The molecule has 2 atom stereocenters. The zero-order chi connectivity index (χ0) is 14.1. The number of nitrogens with one attached hydrogen (secondary N) is 1. The number of likely N-dealkylation sites (N-methyl/N-ethyl adjacent to an activating group) is 1. The number of nitrogens with two attached hydrogens (primary N) is 1. The van der Waals surface area contributed by atoms with Gasteiger partial charge < -0.3 is 11.1 Å². The van der Waals surface area contributed by atoms with Crippen LogP contribution in [0.2, 0.25) is 0 Å². The lowest BCUT2D eigenvalue weighted by Crippen LogP contribution is -2.41. The van der Waals surface area contributed by atoms with Gasteiger partial charge in [0.1, 0.15) is 11.0 Å². The third-order valence-electron chi connectivity index (χ3n) is 3.69. The molecule has 2 aromatic rings. The maximum atomic E-state index is 11.9. The summed E-state index contributed by atoms with van der Waals surface area (Å²) in [6.45, 7) is 1.38. The van der Waals surface area contributed by atoms with E-state index in [0.29, 0.717) is 19.5 Å². The molecule has 0 spiro atoms. The topological polar surface area (TPSA) is 97.3 Å². The second kappa shape index (κ2) is 5.18. The standard InChI is InChI=1S/C13H17N5O2/c1-15-13(19)12-5-9(14)7-18(12)6-8-2-3-10-11(4-8)17-20-16-10/h2-4,9,12H,5-7,14H2,1H3,(H,15,19)/t9-,12+/m1/s1. The molecule has 1 aromatic heterocycles. The summed E-state index contributed by atoms with van der Waals surface area (Å²) in [5.74, 6) is 0.0159. The molecule has 7 heteroatoms. The van der Waals surface area contributed by atoms with Crippen molar-refractivity contribution >= 4 is 16.9 Å². The lowest BCUT2D eigenvalue weighted by atomic mass is 10.1. The molecule has 0 unspecified atom stereocenters. The number of rotatable bonds is 3. The molecule has 0 radical (unpaired) electrons. The Kier molecular flexibility index (Phi) is 3.37. The molecule has 20 heavy (non-hydrogen) atoms. The van der Waals surface area contributed by atoms with Crippen LogP contribution in [0.5, 0.6) is 0 Å². The Balaban J connectivity index is 1.79. The molecule has 0 saturated carbocycles. The van der Waals surface area contributed by atoms with Crippen LogP contribution in [-0.2, 0) is 11.3 Å². The number of likely N-dealkylation sites (tertiary alicyclic amines) is 1. The van der Waals surface area contributed by atoms with E-state index in [1.807, 2.05) is 18.2 Å². The average molecular weight is 275 g/mol. The fraction of sp³-hybridized carbons (Fsp3) is 0.462. The van der Waals surface area contributed by atoms with Gasteiger partial charge in [0.2, 0.25) is 5.91 Å². The molecule has 1 aliphatic heterocycles. The van der Waals surface area contributed by atoms with E-state index < -0.39 is 0 Å². The van der Waals surface area contributed by atoms with E-state index in [9.17, 15) is 4.79 Å². The molecule has 1 saturated heterocycles. The van der Waals surface area contributed by atoms with Crippen molar-refractivity contribution < 1.29 is 9.42 Å². The molecular weight excluding hydrogens is 258 g/mol. The minimum atomic E-state index is -0.166. The summed E-state index contributed by atoms with van der Waals surface area (Å²) in [6, 6.07) is 5.64. The molecule has 7 nitrogen and oxygen atoms in total. The third-order valence-corrected chi connectivity index (χ3v) is 3.69. The molecule has 2 heterocycles. The van der Waals surface area contributed by atoms with Crippen LogP contribution in [0, 0.1) is 0 Å². The summed E-state index contributed by atoms with van der Waals surface area (Å²) in [6.07, 6.45) is 0.688. The zero-order valence-corrected chi connectivity index (χ0v) is 11.2. The highest BCUT2D eigenvalue weighted by Gasteiger charge is 2.34. The Hall–Kier alpha value is -1.99. The first-order chi connectivity index (χ1) is 9.67. The summed E-state index contributed by atoms with van der Waals surface area (Å²) in [5.41, 5.74) is 8.50. The molecule has 0 aliphatic carbocycles. The van der Waals surface area contributed by atoms with Crippen LogP contribution >= 0.6 is 0 Å². The molecule has 1 fully saturated rings. The lowest BCUT2D eigenvalue weighted by Gasteiger charge is -2.22. The first-order valence-electron chi connectivity index (χ1n) is 6.60. The fourth-order valence-electron chi connectivity index (χ4n) is 2.71. The van der Waals surface area contributed by atoms with Gasteiger partial charge in [0.25, 0.3) is 0 Å². The van der Waals surface area contributed by atoms with Crippen LogP contribution in [0.15, 0.2) is 22.8 Å². The van der Waals surface area contributed by atoms with Crippen molar-refractivity contribution in [3.8, 4) is 0 Å². The van der Waals surface area contributed by atoms with Crippen molar-refractivity contribution in [2.75, 3.05) is 13.6 Å². The van der Waals surface area contributed by atoms with E-state index in [2.05, 4.69) is 25.2 Å². The Labute approximate surface area is 116 Å². The van der Waals surface area contributed by atoms with Gasteiger partial charge in [-0.2, -0.15) is 0 Å². The second-order valence-corrected chi connectivity index (χ2v) is 5.14. The minimum Gasteiger partial charge on any atom is -0.358 e. The van der Waals surface area contributed by atoms with Gasteiger partial charge in [-0.3, -0.25) is 9.69 Å². The van der Waals surface area contributed by atoms with Crippen molar-refractivity contribution in [1.29, 1.82) is 0 Å². The predicted molar refractivity (Wildman–Crippen MR) is 72.7 cm³/mol. The van der Waals surface area contributed by atoms with Crippen molar-refractivity contribution in [2.45, 2.75) is 25.0 Å². The van der Waals surface area contributed by atoms with Gasteiger partial charge >= 0.3 is 0 Å². The van der Waals surface area contributed by atoms with Crippen LogP contribution in [0.3, 0.4) is 0 Å². The number of amides is 1. The monoisotopic (exact) mass is 275 g/mol. The van der Waals surface area contributed by atoms with E-state index in [4.69, 9.17) is 5.73 Å². The molecule has 106 valence electrons. The Morgan fingerprint density at radius 1 is 1.50 bits per heavy atom. The van der Waals surface area contributed by atoms with E-state index in [1.54, 1.807) is 7.05 Å². The van der Waals surface area contributed by atoms with Crippen LogP contribution in [0.25, 0.3) is 11.0 Å². The maximum Gasteiger partial charge on any atom is 0.237 e. The maximum absolute atomic E-state index is 11.9. The van der Waals surface area contributed by atoms with Crippen LogP contribution in [0.1, 0.15) is 12.0 Å². The number of hydrogen-bond donors (Lipinski definition) is 2. The SMILES string of the molecule is CNC(=O)[C@@H]1C[C@@H](N)CN1Cc1ccc2nonc2c1. The molecule has 1 aromatic carbocycles. The van der Waals surface area contributed by atoms with E-state index in [0.717, 1.165) is 16.6 Å². The van der Waals surface area contributed by atoms with E-state index >= 15 is 0 Å². The number of hydrogen-bond acceptors (Lipinski definition) is 6. The van der Waals surface area contributed by atoms with Gasteiger partial charge in [-0.25, -0.2) is 4.63 Å². The highest BCUT2D eigenvalue weighted by molar-refractivity contribution is 5.82. The average Bonchev–Trinajstić information content (AvgIpc) is 3.04. The van der Waals surface area contributed by atoms with E-state index in [1.165, 1.54) is 0 Å². The number of carbonyl (C=O) groups excluding carboxylic acids is 1. The van der Waals surface area contributed by atoms with Crippen LogP contribution in [0.4, 0.5) is 0 Å². The van der Waals surface area contributed by atoms with Gasteiger partial charge in [-0.1, -0.05) is 6.07 Å². The predicted octanol–water partition coefficient (Wildman–Crippen LogP) is -0.130. The Morgan fingerprint density at radius 3 is 3.10 bits per heavy atom. The lowest BCUT2D eigenvalue weighted by molar-refractivity contribution is -0.125. The summed E-state index contributed by atoms with van der Waals surface area (Å²) in [4.78, 5) is 14.0. The number of benzene rings is 1.